The minimum absolute atomic E-state index is 0.000984. The van der Waals surface area contributed by atoms with Crippen LogP contribution in [-0.4, -0.2) is 30.2 Å². The predicted octanol–water partition coefficient (Wildman–Crippen LogP) is 5.44. The van der Waals surface area contributed by atoms with Crippen molar-refractivity contribution in [1.82, 2.24) is 10.4 Å². The summed E-state index contributed by atoms with van der Waals surface area (Å²) in [4.78, 5) is 18.6. The molecule has 0 aliphatic carbocycles. The molecule has 0 fully saturated rings. The molecule has 0 bridgehead atoms. The SMILES string of the molecule is CCN(CC)c1ccc(/C=N\NC(=O)Cc2csc(Nc3cccc(C(F)(F)F)c3)n2)cc1. The van der Waals surface area contributed by atoms with Crippen LogP contribution >= 0.6 is 11.3 Å². The first-order valence-corrected chi connectivity index (χ1v) is 11.2. The summed E-state index contributed by atoms with van der Waals surface area (Å²) >= 11 is 1.20. The summed E-state index contributed by atoms with van der Waals surface area (Å²) in [5, 5.41) is 8.88. The van der Waals surface area contributed by atoms with Crippen molar-refractivity contribution >= 4 is 40.0 Å². The molecular weight excluding hydrogens is 451 g/mol. The summed E-state index contributed by atoms with van der Waals surface area (Å²) in [5.74, 6) is -0.345. The van der Waals surface area contributed by atoms with Gasteiger partial charge in [0.2, 0.25) is 5.91 Å². The molecule has 33 heavy (non-hydrogen) atoms. The van der Waals surface area contributed by atoms with Crippen LogP contribution in [0.2, 0.25) is 0 Å². The van der Waals surface area contributed by atoms with E-state index in [2.05, 4.69) is 39.6 Å². The van der Waals surface area contributed by atoms with E-state index in [1.807, 2.05) is 24.3 Å². The monoisotopic (exact) mass is 475 g/mol. The molecular formula is C23H24F3N5OS. The number of hydrogen-bond donors (Lipinski definition) is 2. The first-order chi connectivity index (χ1) is 15.8. The van der Waals surface area contributed by atoms with Gasteiger partial charge in [0.1, 0.15) is 0 Å². The first-order valence-electron chi connectivity index (χ1n) is 10.3. The molecule has 0 radical (unpaired) electrons. The largest absolute Gasteiger partial charge is 0.416 e. The molecule has 1 aromatic heterocycles. The Morgan fingerprint density at radius 2 is 1.88 bits per heavy atom. The number of hydrogen-bond acceptors (Lipinski definition) is 6. The molecule has 0 aliphatic heterocycles. The molecule has 2 aromatic carbocycles. The number of carbonyl (C=O) groups excluding carboxylic acids is 1. The van der Waals surface area contributed by atoms with Gasteiger partial charge in [-0.3, -0.25) is 4.79 Å². The molecule has 10 heteroatoms. The molecule has 174 valence electrons. The molecule has 0 saturated carbocycles. The lowest BCUT2D eigenvalue weighted by molar-refractivity contribution is -0.137. The van der Waals surface area contributed by atoms with Crippen LogP contribution in [0.25, 0.3) is 0 Å². The van der Waals surface area contributed by atoms with Crippen molar-refractivity contribution in [2.24, 2.45) is 5.10 Å². The van der Waals surface area contributed by atoms with E-state index >= 15 is 0 Å². The summed E-state index contributed by atoms with van der Waals surface area (Å²) in [5.41, 5.74) is 4.46. The third-order valence-electron chi connectivity index (χ3n) is 4.76. The molecule has 2 N–H and O–H groups in total. The first kappa shape index (κ1) is 24.2. The van der Waals surface area contributed by atoms with Gasteiger partial charge in [-0.25, -0.2) is 10.4 Å². The highest BCUT2D eigenvalue weighted by atomic mass is 32.1. The Bertz CT molecular complexity index is 1090. The van der Waals surface area contributed by atoms with Crippen molar-refractivity contribution in [2.75, 3.05) is 23.3 Å². The van der Waals surface area contributed by atoms with Crippen LogP contribution < -0.4 is 15.6 Å². The summed E-state index contributed by atoms with van der Waals surface area (Å²) in [7, 11) is 0. The second kappa shape index (κ2) is 11.0. The van der Waals surface area contributed by atoms with Gasteiger partial charge in [0.15, 0.2) is 5.13 Å². The summed E-state index contributed by atoms with van der Waals surface area (Å²) in [6.07, 6.45) is -2.86. The molecule has 6 nitrogen and oxygen atoms in total. The quantitative estimate of drug-likeness (QED) is 0.319. The van der Waals surface area contributed by atoms with Crippen LogP contribution in [0.5, 0.6) is 0 Å². The minimum atomic E-state index is -4.42. The van der Waals surface area contributed by atoms with Crippen molar-refractivity contribution in [1.29, 1.82) is 0 Å². The summed E-state index contributed by atoms with van der Waals surface area (Å²) in [6, 6.07) is 12.7. The second-order valence-corrected chi connectivity index (χ2v) is 7.94. The Morgan fingerprint density at radius 1 is 1.15 bits per heavy atom. The fourth-order valence-corrected chi connectivity index (χ4v) is 3.82. The van der Waals surface area contributed by atoms with Gasteiger partial charge in [0.25, 0.3) is 0 Å². The van der Waals surface area contributed by atoms with Crippen molar-refractivity contribution in [2.45, 2.75) is 26.4 Å². The Balaban J connectivity index is 1.52. The van der Waals surface area contributed by atoms with E-state index in [1.165, 1.54) is 23.5 Å². The van der Waals surface area contributed by atoms with Crippen LogP contribution in [0.1, 0.15) is 30.7 Å². The number of hydrazone groups is 1. The van der Waals surface area contributed by atoms with Gasteiger partial charge in [0.05, 0.1) is 23.9 Å². The minimum Gasteiger partial charge on any atom is -0.372 e. The highest BCUT2D eigenvalue weighted by Gasteiger charge is 2.30. The van der Waals surface area contributed by atoms with E-state index in [9.17, 15) is 18.0 Å². The molecule has 0 spiro atoms. The van der Waals surface area contributed by atoms with Crippen LogP contribution in [-0.2, 0) is 17.4 Å². The number of rotatable bonds is 9. The van der Waals surface area contributed by atoms with E-state index in [4.69, 9.17) is 0 Å². The van der Waals surface area contributed by atoms with Crippen LogP contribution in [0.3, 0.4) is 0 Å². The van der Waals surface area contributed by atoms with Crippen molar-refractivity contribution in [3.63, 3.8) is 0 Å². The average molecular weight is 476 g/mol. The Kier molecular flexibility index (Phi) is 8.05. The molecule has 3 aromatic rings. The van der Waals surface area contributed by atoms with Gasteiger partial charge in [-0.15, -0.1) is 11.3 Å². The molecule has 0 atom stereocenters. The highest BCUT2D eigenvalue weighted by molar-refractivity contribution is 7.13. The van der Waals surface area contributed by atoms with Gasteiger partial charge in [-0.2, -0.15) is 18.3 Å². The number of halogens is 3. The molecule has 3 rings (SSSR count). The number of alkyl halides is 3. The second-order valence-electron chi connectivity index (χ2n) is 7.08. The number of aromatic nitrogens is 1. The van der Waals surface area contributed by atoms with Crippen molar-refractivity contribution in [3.8, 4) is 0 Å². The van der Waals surface area contributed by atoms with Gasteiger partial charge >= 0.3 is 6.18 Å². The zero-order chi connectivity index (χ0) is 23.8. The lowest BCUT2D eigenvalue weighted by atomic mass is 10.2. The molecule has 0 aliphatic rings. The lowest BCUT2D eigenvalue weighted by Crippen LogP contribution is -2.21. The van der Waals surface area contributed by atoms with Gasteiger partial charge in [-0.1, -0.05) is 18.2 Å². The number of thiazole rings is 1. The molecule has 1 amide bonds. The molecule has 0 unspecified atom stereocenters. The maximum absolute atomic E-state index is 12.8. The van der Waals surface area contributed by atoms with E-state index in [-0.39, 0.29) is 18.0 Å². The Hall–Kier alpha value is -3.40. The third kappa shape index (κ3) is 7.04. The lowest BCUT2D eigenvalue weighted by Gasteiger charge is -2.20. The predicted molar refractivity (Wildman–Crippen MR) is 126 cm³/mol. The smallest absolute Gasteiger partial charge is 0.372 e. The fourth-order valence-electron chi connectivity index (χ4n) is 3.09. The maximum Gasteiger partial charge on any atom is 0.416 e. The van der Waals surface area contributed by atoms with Crippen molar-refractivity contribution in [3.05, 3.63) is 70.7 Å². The van der Waals surface area contributed by atoms with Crippen molar-refractivity contribution < 1.29 is 18.0 Å². The highest BCUT2D eigenvalue weighted by Crippen LogP contribution is 2.31. The maximum atomic E-state index is 12.8. The standard InChI is InChI=1S/C23H24F3N5OS/c1-3-31(4-2)20-10-8-16(9-11-20)14-27-30-21(32)13-19-15-33-22(29-19)28-18-7-5-6-17(12-18)23(24,25)26/h5-12,14-15H,3-4,13H2,1-2H3,(H,28,29)(H,30,32)/b27-14-. The van der Waals surface area contributed by atoms with Gasteiger partial charge < -0.3 is 10.2 Å². The number of nitrogens with zero attached hydrogens (tertiary/aromatic N) is 3. The topological polar surface area (TPSA) is 69.6 Å². The summed E-state index contributed by atoms with van der Waals surface area (Å²) < 4.78 is 38.5. The number of anilines is 3. The Morgan fingerprint density at radius 3 is 2.55 bits per heavy atom. The van der Waals surface area contributed by atoms with E-state index in [1.54, 1.807) is 11.6 Å². The number of benzene rings is 2. The van der Waals surface area contributed by atoms with E-state index in [0.29, 0.717) is 10.8 Å². The van der Waals surface area contributed by atoms with Crippen LogP contribution in [0.4, 0.5) is 29.7 Å². The zero-order valence-electron chi connectivity index (χ0n) is 18.2. The number of amides is 1. The Labute approximate surface area is 194 Å². The normalized spacial score (nSPS) is 11.5. The number of nitrogens with one attached hydrogen (secondary N) is 2. The molecule has 0 saturated heterocycles. The zero-order valence-corrected chi connectivity index (χ0v) is 19.0. The van der Waals surface area contributed by atoms with Gasteiger partial charge in [-0.05, 0) is 49.7 Å². The van der Waals surface area contributed by atoms with E-state index < -0.39 is 11.7 Å². The van der Waals surface area contributed by atoms with Crippen LogP contribution in [0, 0.1) is 0 Å². The fraction of sp³-hybridized carbons (Fsp3) is 0.261. The van der Waals surface area contributed by atoms with Crippen LogP contribution in [0.15, 0.2) is 59.0 Å². The third-order valence-corrected chi connectivity index (χ3v) is 5.57. The molecule has 1 heterocycles. The average Bonchev–Trinajstić information content (AvgIpc) is 3.21. The number of carbonyl (C=O) groups is 1. The summed E-state index contributed by atoms with van der Waals surface area (Å²) in [6.45, 7) is 6.05. The van der Waals surface area contributed by atoms with Gasteiger partial charge in [0, 0.05) is 29.8 Å². The van der Waals surface area contributed by atoms with E-state index in [0.717, 1.165) is 36.5 Å².